The molecule has 0 spiro atoms. The van der Waals surface area contributed by atoms with E-state index in [0.29, 0.717) is 17.8 Å². The van der Waals surface area contributed by atoms with Crippen molar-refractivity contribution in [2.75, 3.05) is 7.11 Å². The Bertz CT molecular complexity index is 873. The van der Waals surface area contributed by atoms with E-state index in [9.17, 15) is 4.79 Å². The van der Waals surface area contributed by atoms with Crippen LogP contribution in [0, 0.1) is 6.92 Å². The lowest BCUT2D eigenvalue weighted by Crippen LogP contribution is -2.23. The fourth-order valence-electron chi connectivity index (χ4n) is 2.43. The minimum atomic E-state index is -0.133. The first-order valence-electron chi connectivity index (χ1n) is 7.13. The number of aryl methyl sites for hydroxylation is 1. The number of rotatable bonds is 4. The van der Waals surface area contributed by atoms with Gasteiger partial charge < -0.3 is 15.0 Å². The zero-order valence-electron chi connectivity index (χ0n) is 12.8. The molecule has 5 nitrogen and oxygen atoms in total. The Balaban J connectivity index is 1.77. The van der Waals surface area contributed by atoms with Crippen molar-refractivity contribution in [3.8, 4) is 5.75 Å². The Morgan fingerprint density at radius 1 is 1.39 bits per heavy atom. The Morgan fingerprint density at radius 3 is 2.96 bits per heavy atom. The van der Waals surface area contributed by atoms with Crippen molar-refractivity contribution in [1.82, 2.24) is 15.3 Å². The van der Waals surface area contributed by atoms with E-state index in [0.717, 1.165) is 26.7 Å². The van der Waals surface area contributed by atoms with E-state index in [-0.39, 0.29) is 5.91 Å². The lowest BCUT2D eigenvalue weighted by Gasteiger charge is -2.09. The summed E-state index contributed by atoms with van der Waals surface area (Å²) >= 11 is 3.38. The zero-order valence-corrected chi connectivity index (χ0v) is 14.4. The molecule has 0 bridgehead atoms. The third kappa shape index (κ3) is 3.22. The summed E-state index contributed by atoms with van der Waals surface area (Å²) in [6.07, 6.45) is 3.38. The molecule has 23 heavy (non-hydrogen) atoms. The Labute approximate surface area is 142 Å². The van der Waals surface area contributed by atoms with E-state index in [4.69, 9.17) is 4.74 Å². The van der Waals surface area contributed by atoms with Crippen molar-refractivity contribution in [3.63, 3.8) is 0 Å². The molecule has 1 aromatic carbocycles. The van der Waals surface area contributed by atoms with Crippen molar-refractivity contribution in [2.24, 2.45) is 0 Å². The topological polar surface area (TPSA) is 67.0 Å². The van der Waals surface area contributed by atoms with Crippen LogP contribution in [-0.2, 0) is 6.54 Å². The molecule has 2 N–H and O–H groups in total. The number of aromatic amines is 1. The molecule has 0 unspecified atom stereocenters. The summed E-state index contributed by atoms with van der Waals surface area (Å²) in [5.41, 5.74) is 3.41. The lowest BCUT2D eigenvalue weighted by molar-refractivity contribution is 0.0952. The maximum Gasteiger partial charge on any atom is 0.253 e. The summed E-state index contributed by atoms with van der Waals surface area (Å²) in [7, 11) is 1.64. The number of pyridine rings is 1. The number of nitrogens with zero attached hydrogens (tertiary/aromatic N) is 1. The van der Waals surface area contributed by atoms with Gasteiger partial charge in [0.1, 0.15) is 11.4 Å². The molecule has 0 atom stereocenters. The Kier molecular flexibility index (Phi) is 4.34. The first-order valence-corrected chi connectivity index (χ1v) is 7.92. The van der Waals surface area contributed by atoms with Crippen molar-refractivity contribution < 1.29 is 9.53 Å². The largest absolute Gasteiger partial charge is 0.497 e. The molecule has 0 saturated heterocycles. The highest BCUT2D eigenvalue weighted by atomic mass is 79.9. The number of carbonyl (C=O) groups is 1. The zero-order chi connectivity index (χ0) is 16.4. The van der Waals surface area contributed by atoms with Crippen LogP contribution in [0.5, 0.6) is 5.75 Å². The summed E-state index contributed by atoms with van der Waals surface area (Å²) < 4.78 is 6.03. The SMILES string of the molecule is COc1ccc(CNC(=O)c2c[nH]c3ncc(Br)cc23)c(C)c1. The molecular formula is C17H16BrN3O2. The van der Waals surface area contributed by atoms with Gasteiger partial charge in [0.15, 0.2) is 0 Å². The number of H-pyrrole nitrogens is 1. The fourth-order valence-corrected chi connectivity index (χ4v) is 2.76. The third-order valence-electron chi connectivity index (χ3n) is 3.73. The molecule has 1 amide bonds. The van der Waals surface area contributed by atoms with Gasteiger partial charge in [0.05, 0.1) is 12.7 Å². The van der Waals surface area contributed by atoms with Gasteiger partial charge in [0.2, 0.25) is 0 Å². The second kappa shape index (κ2) is 6.42. The number of halogens is 1. The number of ether oxygens (including phenoxy) is 1. The highest BCUT2D eigenvalue weighted by Crippen LogP contribution is 2.21. The van der Waals surface area contributed by atoms with Crippen LogP contribution >= 0.6 is 15.9 Å². The average molecular weight is 374 g/mol. The average Bonchev–Trinajstić information content (AvgIpc) is 2.96. The van der Waals surface area contributed by atoms with Crippen LogP contribution in [0.2, 0.25) is 0 Å². The molecule has 0 aliphatic carbocycles. The van der Waals surface area contributed by atoms with Crippen LogP contribution in [-0.4, -0.2) is 23.0 Å². The fraction of sp³-hybridized carbons (Fsp3) is 0.176. The van der Waals surface area contributed by atoms with Crippen LogP contribution in [0.3, 0.4) is 0 Å². The summed E-state index contributed by atoms with van der Waals surface area (Å²) in [4.78, 5) is 19.7. The second-order valence-electron chi connectivity index (χ2n) is 5.23. The number of methoxy groups -OCH3 is 1. The van der Waals surface area contributed by atoms with Gasteiger partial charge in [0, 0.05) is 28.8 Å². The van der Waals surface area contributed by atoms with E-state index in [2.05, 4.69) is 31.2 Å². The van der Waals surface area contributed by atoms with Gasteiger partial charge in [-0.2, -0.15) is 0 Å². The van der Waals surface area contributed by atoms with E-state index in [1.165, 1.54) is 0 Å². The Hall–Kier alpha value is -2.34. The molecule has 2 aromatic heterocycles. The number of amides is 1. The molecule has 3 rings (SSSR count). The number of benzene rings is 1. The van der Waals surface area contributed by atoms with Crippen molar-refractivity contribution in [2.45, 2.75) is 13.5 Å². The number of fused-ring (bicyclic) bond motifs is 1. The first-order chi connectivity index (χ1) is 11.1. The lowest BCUT2D eigenvalue weighted by atomic mass is 10.1. The predicted octanol–water partition coefficient (Wildman–Crippen LogP) is 3.57. The molecule has 118 valence electrons. The summed E-state index contributed by atoms with van der Waals surface area (Å²) in [6.45, 7) is 2.46. The van der Waals surface area contributed by atoms with E-state index < -0.39 is 0 Å². The van der Waals surface area contributed by atoms with Crippen molar-refractivity contribution >= 4 is 32.9 Å². The summed E-state index contributed by atoms with van der Waals surface area (Å²) in [5.74, 6) is 0.677. The molecule has 2 heterocycles. The Morgan fingerprint density at radius 2 is 2.22 bits per heavy atom. The van der Waals surface area contributed by atoms with Gasteiger partial charge in [-0.25, -0.2) is 4.98 Å². The van der Waals surface area contributed by atoms with Gasteiger partial charge in [0.25, 0.3) is 5.91 Å². The van der Waals surface area contributed by atoms with Crippen molar-refractivity contribution in [1.29, 1.82) is 0 Å². The molecular weight excluding hydrogens is 358 g/mol. The minimum Gasteiger partial charge on any atom is -0.497 e. The highest BCUT2D eigenvalue weighted by molar-refractivity contribution is 9.10. The van der Waals surface area contributed by atoms with Gasteiger partial charge >= 0.3 is 0 Å². The van der Waals surface area contributed by atoms with Gasteiger partial charge in [-0.15, -0.1) is 0 Å². The predicted molar refractivity (Wildman–Crippen MR) is 92.7 cm³/mol. The molecule has 0 saturated carbocycles. The summed E-state index contributed by atoms with van der Waals surface area (Å²) in [5, 5.41) is 3.74. The number of hydrogen-bond acceptors (Lipinski definition) is 3. The van der Waals surface area contributed by atoms with E-state index in [1.807, 2.05) is 31.2 Å². The van der Waals surface area contributed by atoms with Crippen LogP contribution in [0.1, 0.15) is 21.5 Å². The van der Waals surface area contributed by atoms with Crippen LogP contribution in [0.4, 0.5) is 0 Å². The normalized spacial score (nSPS) is 10.7. The minimum absolute atomic E-state index is 0.133. The summed E-state index contributed by atoms with van der Waals surface area (Å²) in [6, 6.07) is 7.68. The van der Waals surface area contributed by atoms with E-state index in [1.54, 1.807) is 19.5 Å². The number of hydrogen-bond donors (Lipinski definition) is 2. The van der Waals surface area contributed by atoms with Crippen LogP contribution in [0.15, 0.2) is 41.1 Å². The quantitative estimate of drug-likeness (QED) is 0.734. The van der Waals surface area contributed by atoms with Gasteiger partial charge in [-0.05, 0) is 52.2 Å². The van der Waals surface area contributed by atoms with Crippen molar-refractivity contribution in [3.05, 3.63) is 57.8 Å². The van der Waals surface area contributed by atoms with Crippen LogP contribution < -0.4 is 10.1 Å². The van der Waals surface area contributed by atoms with Gasteiger partial charge in [-0.3, -0.25) is 4.79 Å². The molecule has 0 aliphatic rings. The first kappa shape index (κ1) is 15.6. The van der Waals surface area contributed by atoms with E-state index >= 15 is 0 Å². The highest BCUT2D eigenvalue weighted by Gasteiger charge is 2.13. The van der Waals surface area contributed by atoms with Crippen LogP contribution in [0.25, 0.3) is 11.0 Å². The molecule has 0 aliphatic heterocycles. The second-order valence-corrected chi connectivity index (χ2v) is 6.14. The smallest absolute Gasteiger partial charge is 0.253 e. The molecule has 0 fully saturated rings. The monoisotopic (exact) mass is 373 g/mol. The maximum atomic E-state index is 12.4. The number of aromatic nitrogens is 2. The molecule has 0 radical (unpaired) electrons. The standard InChI is InChI=1S/C17H16BrN3O2/c1-10-5-13(23-2)4-3-11(10)7-21-17(22)15-9-20-16-14(15)6-12(18)8-19-16/h3-6,8-9H,7H2,1-2H3,(H,19,20)(H,21,22). The molecule has 6 heteroatoms. The number of carbonyl (C=O) groups excluding carboxylic acids is 1. The number of nitrogens with one attached hydrogen (secondary N) is 2. The maximum absolute atomic E-state index is 12.4. The third-order valence-corrected chi connectivity index (χ3v) is 4.17. The molecule has 3 aromatic rings. The van der Waals surface area contributed by atoms with Gasteiger partial charge in [-0.1, -0.05) is 6.07 Å².